The minimum atomic E-state index is -0.695. The molecule has 3 heterocycles. The van der Waals surface area contributed by atoms with Crippen LogP contribution >= 0.6 is 27.3 Å². The molecule has 7 nitrogen and oxygen atoms in total. The Morgan fingerprint density at radius 3 is 2.77 bits per heavy atom. The Morgan fingerprint density at radius 2 is 2.18 bits per heavy atom. The molecule has 0 fully saturated rings. The summed E-state index contributed by atoms with van der Waals surface area (Å²) in [6.07, 6.45) is 0. The van der Waals surface area contributed by atoms with E-state index in [0.29, 0.717) is 0 Å². The number of nitriles is 1. The van der Waals surface area contributed by atoms with Crippen LogP contribution in [0.4, 0.5) is 0 Å². The summed E-state index contributed by atoms with van der Waals surface area (Å²) in [5.41, 5.74) is 4.77. The van der Waals surface area contributed by atoms with E-state index in [1.54, 1.807) is 0 Å². The number of nitrogens with one attached hydrogen (secondary N) is 2. The van der Waals surface area contributed by atoms with Crippen LogP contribution in [0.3, 0.4) is 0 Å². The molecule has 0 aromatic carbocycles. The Bertz CT molecular complexity index is 943. The molecule has 0 bridgehead atoms. The van der Waals surface area contributed by atoms with Crippen molar-refractivity contribution < 1.29 is 4.74 Å². The number of thiophene rings is 1. The fraction of sp³-hybridized carbons (Fsp3) is 0.154. The number of ether oxygens (including phenoxy) is 1. The Balaban J connectivity index is 2.34. The lowest BCUT2D eigenvalue weighted by molar-refractivity contribution is 0.374. The van der Waals surface area contributed by atoms with Crippen molar-refractivity contribution >= 4 is 27.3 Å². The van der Waals surface area contributed by atoms with Crippen LogP contribution in [0.25, 0.3) is 0 Å². The maximum atomic E-state index is 12.2. The standard InChI is InChI=1S/C13H9BrN4O3S/c1-4-6(14)2-7(22-4)8-5(3-15)10(16)21-12-9(8)11(19)17-13(20)18-12/h2,8H,16H2,1H3,(H2,17,18,19,20). The van der Waals surface area contributed by atoms with Gasteiger partial charge in [0.05, 0.1) is 11.5 Å². The van der Waals surface area contributed by atoms with Gasteiger partial charge in [-0.2, -0.15) is 5.26 Å². The third-order valence-corrected chi connectivity index (χ3v) is 5.48. The number of H-pyrrole nitrogens is 2. The van der Waals surface area contributed by atoms with Gasteiger partial charge in [-0.15, -0.1) is 11.3 Å². The molecule has 2 aromatic rings. The molecule has 0 amide bonds. The van der Waals surface area contributed by atoms with Crippen molar-refractivity contribution in [1.29, 1.82) is 5.26 Å². The van der Waals surface area contributed by atoms with E-state index >= 15 is 0 Å². The normalized spacial score (nSPS) is 16.9. The largest absolute Gasteiger partial charge is 0.424 e. The highest BCUT2D eigenvalue weighted by Gasteiger charge is 2.35. The van der Waals surface area contributed by atoms with Crippen LogP contribution in [0.1, 0.15) is 21.2 Å². The van der Waals surface area contributed by atoms with Crippen LogP contribution in [0.15, 0.2) is 31.6 Å². The zero-order chi connectivity index (χ0) is 16.0. The molecular weight excluding hydrogens is 372 g/mol. The number of allylic oxidation sites excluding steroid dienone is 1. The number of halogens is 1. The third-order valence-electron chi connectivity index (χ3n) is 3.28. The Labute approximate surface area is 136 Å². The first-order chi connectivity index (χ1) is 10.4. The molecule has 0 spiro atoms. The fourth-order valence-corrected chi connectivity index (χ4v) is 3.98. The topological polar surface area (TPSA) is 125 Å². The average molecular weight is 381 g/mol. The van der Waals surface area contributed by atoms with Crippen molar-refractivity contribution in [1.82, 2.24) is 9.97 Å². The summed E-state index contributed by atoms with van der Waals surface area (Å²) >= 11 is 4.85. The van der Waals surface area contributed by atoms with E-state index in [-0.39, 0.29) is 22.9 Å². The molecule has 1 unspecified atom stereocenters. The van der Waals surface area contributed by atoms with Crippen LogP contribution in [0.5, 0.6) is 5.88 Å². The molecule has 0 saturated heterocycles. The number of hydrogen-bond donors (Lipinski definition) is 3. The van der Waals surface area contributed by atoms with Gasteiger partial charge in [0, 0.05) is 14.2 Å². The smallest absolute Gasteiger partial charge is 0.328 e. The summed E-state index contributed by atoms with van der Waals surface area (Å²) in [5, 5.41) is 9.38. The van der Waals surface area contributed by atoms with E-state index in [9.17, 15) is 14.9 Å². The summed E-state index contributed by atoms with van der Waals surface area (Å²) in [5.74, 6) is -0.829. The van der Waals surface area contributed by atoms with Crippen LogP contribution in [0, 0.1) is 18.3 Å². The van der Waals surface area contributed by atoms with Crippen LogP contribution < -0.4 is 21.7 Å². The van der Waals surface area contributed by atoms with E-state index < -0.39 is 17.2 Å². The van der Waals surface area contributed by atoms with Gasteiger partial charge in [0.2, 0.25) is 11.8 Å². The second-order valence-corrected chi connectivity index (χ2v) is 6.77. The second-order valence-electron chi connectivity index (χ2n) is 4.63. The molecule has 0 aliphatic carbocycles. The monoisotopic (exact) mass is 380 g/mol. The first-order valence-corrected chi connectivity index (χ1v) is 7.73. The van der Waals surface area contributed by atoms with Gasteiger partial charge in [0.1, 0.15) is 11.6 Å². The first kappa shape index (κ1) is 14.6. The lowest BCUT2D eigenvalue weighted by Gasteiger charge is -2.23. The van der Waals surface area contributed by atoms with Gasteiger partial charge in [0.15, 0.2) is 0 Å². The van der Waals surface area contributed by atoms with Gasteiger partial charge in [0.25, 0.3) is 5.56 Å². The molecule has 1 aliphatic heterocycles. The second kappa shape index (κ2) is 5.15. The number of rotatable bonds is 1. The van der Waals surface area contributed by atoms with Crippen molar-refractivity contribution in [2.75, 3.05) is 0 Å². The molecule has 0 radical (unpaired) electrons. The molecular formula is C13H9BrN4O3S. The molecule has 0 saturated carbocycles. The van der Waals surface area contributed by atoms with Gasteiger partial charge in [-0.25, -0.2) is 4.79 Å². The SMILES string of the molecule is Cc1sc(C2C(C#N)=C(N)Oc3[nH]c(=O)[nH]c(=O)c32)cc1Br. The predicted molar refractivity (Wildman–Crippen MR) is 83.7 cm³/mol. The lowest BCUT2D eigenvalue weighted by Crippen LogP contribution is -2.33. The Hall–Kier alpha value is -2.31. The number of aromatic amines is 2. The van der Waals surface area contributed by atoms with Gasteiger partial charge < -0.3 is 10.5 Å². The van der Waals surface area contributed by atoms with Crippen molar-refractivity contribution in [2.24, 2.45) is 5.73 Å². The number of fused-ring (bicyclic) bond motifs is 1. The molecule has 1 atom stereocenters. The summed E-state index contributed by atoms with van der Waals surface area (Å²) in [7, 11) is 0. The molecule has 1 aliphatic rings. The maximum absolute atomic E-state index is 12.2. The van der Waals surface area contributed by atoms with Gasteiger partial charge in [-0.1, -0.05) is 0 Å². The summed E-state index contributed by atoms with van der Waals surface area (Å²) < 4.78 is 6.11. The Kier molecular flexibility index (Phi) is 3.42. The van der Waals surface area contributed by atoms with Gasteiger partial charge in [-0.3, -0.25) is 14.8 Å². The number of hydrogen-bond acceptors (Lipinski definition) is 6. The highest BCUT2D eigenvalue weighted by molar-refractivity contribution is 9.10. The van der Waals surface area contributed by atoms with Crippen molar-refractivity contribution in [3.63, 3.8) is 0 Å². The average Bonchev–Trinajstić information content (AvgIpc) is 2.76. The maximum Gasteiger partial charge on any atom is 0.328 e. The van der Waals surface area contributed by atoms with Crippen molar-refractivity contribution in [2.45, 2.75) is 12.8 Å². The highest BCUT2D eigenvalue weighted by atomic mass is 79.9. The molecule has 3 rings (SSSR count). The van der Waals surface area contributed by atoms with E-state index in [1.165, 1.54) is 11.3 Å². The highest BCUT2D eigenvalue weighted by Crippen LogP contribution is 2.42. The van der Waals surface area contributed by atoms with Crippen molar-refractivity contribution in [3.8, 4) is 11.9 Å². The zero-order valence-corrected chi connectivity index (χ0v) is 13.6. The number of nitrogens with two attached hydrogens (primary N) is 1. The number of nitrogens with zero attached hydrogens (tertiary/aromatic N) is 1. The number of aryl methyl sites for hydroxylation is 1. The lowest BCUT2D eigenvalue weighted by atomic mass is 9.90. The molecule has 22 heavy (non-hydrogen) atoms. The van der Waals surface area contributed by atoms with E-state index in [2.05, 4.69) is 25.9 Å². The molecule has 112 valence electrons. The minimum absolute atomic E-state index is 0.0302. The molecule has 2 aromatic heterocycles. The van der Waals surface area contributed by atoms with Crippen LogP contribution in [-0.2, 0) is 0 Å². The minimum Gasteiger partial charge on any atom is -0.424 e. The van der Waals surface area contributed by atoms with E-state index in [1.807, 2.05) is 19.1 Å². The molecule has 9 heteroatoms. The summed E-state index contributed by atoms with van der Waals surface area (Å²) in [6.45, 7) is 1.91. The number of aromatic nitrogens is 2. The van der Waals surface area contributed by atoms with Gasteiger partial charge >= 0.3 is 5.69 Å². The van der Waals surface area contributed by atoms with E-state index in [0.717, 1.165) is 14.2 Å². The fourth-order valence-electron chi connectivity index (χ4n) is 2.30. The predicted octanol–water partition coefficient (Wildman–Crippen LogP) is 1.41. The van der Waals surface area contributed by atoms with Crippen LogP contribution in [-0.4, -0.2) is 9.97 Å². The van der Waals surface area contributed by atoms with Crippen molar-refractivity contribution in [3.05, 3.63) is 58.2 Å². The summed E-state index contributed by atoms with van der Waals surface area (Å²) in [4.78, 5) is 29.9. The zero-order valence-electron chi connectivity index (χ0n) is 11.2. The first-order valence-electron chi connectivity index (χ1n) is 6.12. The third kappa shape index (κ3) is 2.17. The molecule has 4 N–H and O–H groups in total. The van der Waals surface area contributed by atoms with Crippen LogP contribution in [0.2, 0.25) is 0 Å². The Morgan fingerprint density at radius 1 is 1.45 bits per heavy atom. The van der Waals surface area contributed by atoms with Gasteiger partial charge in [-0.05, 0) is 28.9 Å². The summed E-state index contributed by atoms with van der Waals surface area (Å²) in [6, 6.07) is 3.82. The quantitative estimate of drug-likeness (QED) is 0.689. The van der Waals surface area contributed by atoms with E-state index in [4.69, 9.17) is 10.5 Å².